The van der Waals surface area contributed by atoms with E-state index in [9.17, 15) is 4.79 Å². The molecule has 1 aromatic carbocycles. The van der Waals surface area contributed by atoms with E-state index in [0.717, 1.165) is 25.7 Å². The summed E-state index contributed by atoms with van der Waals surface area (Å²) in [5.74, 6) is 1.34. The van der Waals surface area contributed by atoms with Crippen molar-refractivity contribution < 1.29 is 14.3 Å². The van der Waals surface area contributed by atoms with Crippen LogP contribution in [0.3, 0.4) is 0 Å². The summed E-state index contributed by atoms with van der Waals surface area (Å²) < 4.78 is 10.8. The summed E-state index contributed by atoms with van der Waals surface area (Å²) in [7, 11) is 1.60. The number of ether oxygens (including phenoxy) is 2. The van der Waals surface area contributed by atoms with Gasteiger partial charge in [-0.15, -0.1) is 12.4 Å². The molecule has 1 aliphatic rings. The molecule has 0 saturated heterocycles. The molecular weight excluding hydrogens is 328 g/mol. The topological polar surface area (TPSA) is 73.6 Å². The highest BCUT2D eigenvalue weighted by Crippen LogP contribution is 2.39. The fraction of sp³-hybridized carbons (Fsp3) is 0.611. The predicted molar refractivity (Wildman–Crippen MR) is 99.2 cm³/mol. The summed E-state index contributed by atoms with van der Waals surface area (Å²) in [4.78, 5) is 12.5. The summed E-state index contributed by atoms with van der Waals surface area (Å²) in [5.41, 5.74) is 6.58. The Balaban J connectivity index is 0.00000288. The zero-order valence-electron chi connectivity index (χ0n) is 14.6. The molecule has 1 amide bonds. The van der Waals surface area contributed by atoms with Crippen LogP contribution < -0.4 is 20.5 Å². The molecule has 0 spiro atoms. The molecule has 3 N–H and O–H groups in total. The van der Waals surface area contributed by atoms with Crippen LogP contribution in [-0.2, 0) is 4.79 Å². The monoisotopic (exact) mass is 356 g/mol. The molecule has 0 atom stereocenters. The van der Waals surface area contributed by atoms with Crippen molar-refractivity contribution in [1.29, 1.82) is 0 Å². The third-order valence-corrected chi connectivity index (χ3v) is 4.64. The van der Waals surface area contributed by atoms with Gasteiger partial charge in [-0.2, -0.15) is 0 Å². The smallest absolute Gasteiger partial charge is 0.225 e. The van der Waals surface area contributed by atoms with Gasteiger partial charge in [0, 0.05) is 12.5 Å². The van der Waals surface area contributed by atoms with Crippen LogP contribution in [0.25, 0.3) is 0 Å². The average molecular weight is 357 g/mol. The Morgan fingerprint density at radius 3 is 2.58 bits per heavy atom. The Bertz CT molecular complexity index is 531. The van der Waals surface area contributed by atoms with Gasteiger partial charge in [0.05, 0.1) is 19.4 Å². The predicted octanol–water partition coefficient (Wildman–Crippen LogP) is 3.75. The molecule has 1 aromatic rings. The van der Waals surface area contributed by atoms with E-state index < -0.39 is 0 Å². The molecule has 0 bridgehead atoms. The molecule has 0 unspecified atom stereocenters. The second-order valence-electron chi connectivity index (χ2n) is 6.28. The number of carbonyl (C=O) groups excluding carboxylic acids is 1. The molecular formula is C18H29ClN2O3. The first-order valence-corrected chi connectivity index (χ1v) is 8.43. The molecule has 1 fully saturated rings. The third kappa shape index (κ3) is 5.28. The Morgan fingerprint density at radius 2 is 2.00 bits per heavy atom. The molecule has 2 rings (SSSR count). The zero-order chi connectivity index (χ0) is 16.7. The van der Waals surface area contributed by atoms with E-state index >= 15 is 0 Å². The Labute approximate surface area is 150 Å². The summed E-state index contributed by atoms with van der Waals surface area (Å²) in [6, 6.07) is 5.43. The Hall–Kier alpha value is -1.46. The molecule has 0 heterocycles. The van der Waals surface area contributed by atoms with Gasteiger partial charge in [-0.05, 0) is 43.9 Å². The fourth-order valence-electron chi connectivity index (χ4n) is 3.30. The molecule has 1 saturated carbocycles. The van der Waals surface area contributed by atoms with Gasteiger partial charge in [0.1, 0.15) is 11.5 Å². The Kier molecular flexibility index (Phi) is 8.36. The van der Waals surface area contributed by atoms with Crippen molar-refractivity contribution >= 4 is 24.0 Å². The van der Waals surface area contributed by atoms with Gasteiger partial charge < -0.3 is 20.5 Å². The van der Waals surface area contributed by atoms with Crippen molar-refractivity contribution in [3.63, 3.8) is 0 Å². The van der Waals surface area contributed by atoms with Crippen LogP contribution in [0.2, 0.25) is 0 Å². The van der Waals surface area contributed by atoms with Crippen molar-refractivity contribution in [3.05, 3.63) is 18.2 Å². The van der Waals surface area contributed by atoms with Crippen LogP contribution in [0.1, 0.15) is 45.4 Å². The standard InChI is InChI=1S/C18H28N2O3.ClH/c1-3-23-16-8-7-14(22-2)11-15(16)20-17(21)12-18(13-19)9-5-4-6-10-18;/h7-8,11H,3-6,9-10,12-13,19H2,1-2H3,(H,20,21);1H. The highest BCUT2D eigenvalue weighted by atomic mass is 35.5. The summed E-state index contributed by atoms with van der Waals surface area (Å²) in [6.07, 6.45) is 6.10. The molecule has 0 radical (unpaired) electrons. The largest absolute Gasteiger partial charge is 0.497 e. The van der Waals surface area contributed by atoms with Crippen LogP contribution in [-0.4, -0.2) is 26.2 Å². The maximum atomic E-state index is 12.5. The van der Waals surface area contributed by atoms with Crippen molar-refractivity contribution in [2.24, 2.45) is 11.1 Å². The minimum Gasteiger partial charge on any atom is -0.497 e. The Morgan fingerprint density at radius 1 is 1.29 bits per heavy atom. The fourth-order valence-corrected chi connectivity index (χ4v) is 3.30. The van der Waals surface area contributed by atoms with Crippen molar-refractivity contribution in [3.8, 4) is 11.5 Å². The highest BCUT2D eigenvalue weighted by Gasteiger charge is 2.33. The van der Waals surface area contributed by atoms with E-state index in [1.165, 1.54) is 6.42 Å². The number of methoxy groups -OCH3 is 1. The van der Waals surface area contributed by atoms with E-state index in [-0.39, 0.29) is 23.7 Å². The van der Waals surface area contributed by atoms with Gasteiger partial charge in [0.2, 0.25) is 5.91 Å². The number of anilines is 1. The molecule has 6 heteroatoms. The van der Waals surface area contributed by atoms with Crippen LogP contribution in [0, 0.1) is 5.41 Å². The van der Waals surface area contributed by atoms with E-state index in [0.29, 0.717) is 36.8 Å². The second kappa shape index (κ2) is 9.74. The lowest BCUT2D eigenvalue weighted by molar-refractivity contribution is -0.118. The number of hydrogen-bond donors (Lipinski definition) is 2. The quantitative estimate of drug-likeness (QED) is 0.780. The van der Waals surface area contributed by atoms with Crippen molar-refractivity contribution in [2.75, 3.05) is 25.6 Å². The van der Waals surface area contributed by atoms with Crippen LogP contribution in [0.15, 0.2) is 18.2 Å². The van der Waals surface area contributed by atoms with Crippen LogP contribution in [0.4, 0.5) is 5.69 Å². The van der Waals surface area contributed by atoms with E-state index in [4.69, 9.17) is 15.2 Å². The maximum absolute atomic E-state index is 12.5. The molecule has 1 aliphatic carbocycles. The lowest BCUT2D eigenvalue weighted by Gasteiger charge is -2.35. The maximum Gasteiger partial charge on any atom is 0.225 e. The number of benzene rings is 1. The lowest BCUT2D eigenvalue weighted by atomic mass is 9.71. The second-order valence-corrected chi connectivity index (χ2v) is 6.28. The summed E-state index contributed by atoms with van der Waals surface area (Å²) >= 11 is 0. The number of hydrogen-bond acceptors (Lipinski definition) is 4. The third-order valence-electron chi connectivity index (χ3n) is 4.64. The first kappa shape index (κ1) is 20.6. The summed E-state index contributed by atoms with van der Waals surface area (Å²) in [6.45, 7) is 3.03. The number of nitrogens with one attached hydrogen (secondary N) is 1. The first-order chi connectivity index (χ1) is 11.1. The molecule has 5 nitrogen and oxygen atoms in total. The van der Waals surface area contributed by atoms with Crippen LogP contribution in [0.5, 0.6) is 11.5 Å². The minimum atomic E-state index is -0.0486. The van der Waals surface area contributed by atoms with Crippen LogP contribution >= 0.6 is 12.4 Å². The zero-order valence-corrected chi connectivity index (χ0v) is 15.4. The van der Waals surface area contributed by atoms with Gasteiger partial charge in [-0.25, -0.2) is 0 Å². The highest BCUT2D eigenvalue weighted by molar-refractivity contribution is 5.93. The number of nitrogens with two attached hydrogens (primary N) is 1. The average Bonchev–Trinajstić information content (AvgIpc) is 2.57. The number of rotatable bonds is 7. The van der Waals surface area contributed by atoms with Crippen molar-refractivity contribution in [2.45, 2.75) is 45.4 Å². The van der Waals surface area contributed by atoms with E-state index in [1.807, 2.05) is 19.1 Å². The normalized spacial score (nSPS) is 16.0. The number of amides is 1. The number of carbonyl (C=O) groups is 1. The van der Waals surface area contributed by atoms with Gasteiger partial charge in [0.15, 0.2) is 0 Å². The van der Waals surface area contributed by atoms with Gasteiger partial charge >= 0.3 is 0 Å². The summed E-state index contributed by atoms with van der Waals surface area (Å²) in [5, 5.41) is 2.98. The number of halogens is 1. The van der Waals surface area contributed by atoms with Gasteiger partial charge in [-0.1, -0.05) is 19.3 Å². The molecule has 24 heavy (non-hydrogen) atoms. The molecule has 0 aromatic heterocycles. The first-order valence-electron chi connectivity index (χ1n) is 8.43. The SMILES string of the molecule is CCOc1ccc(OC)cc1NC(=O)CC1(CN)CCCCC1.Cl. The van der Waals surface area contributed by atoms with Gasteiger partial charge in [-0.3, -0.25) is 4.79 Å². The minimum absolute atomic E-state index is 0. The molecule has 136 valence electrons. The molecule has 0 aliphatic heterocycles. The van der Waals surface area contributed by atoms with E-state index in [2.05, 4.69) is 5.32 Å². The lowest BCUT2D eigenvalue weighted by Crippen LogP contribution is -2.36. The van der Waals surface area contributed by atoms with Crippen molar-refractivity contribution in [1.82, 2.24) is 0 Å². The van der Waals surface area contributed by atoms with Gasteiger partial charge in [0.25, 0.3) is 0 Å². The van der Waals surface area contributed by atoms with E-state index in [1.54, 1.807) is 13.2 Å².